The summed E-state index contributed by atoms with van der Waals surface area (Å²) in [5, 5.41) is 1.24. The van der Waals surface area contributed by atoms with Crippen LogP contribution >= 0.6 is 46.1 Å². The lowest BCUT2D eigenvalue weighted by Gasteiger charge is -2.02. The average molecular weight is 302 g/mol. The molecule has 0 atom stereocenters. The van der Waals surface area contributed by atoms with Gasteiger partial charge in [-0.25, -0.2) is 0 Å². The van der Waals surface area contributed by atoms with Gasteiger partial charge in [-0.3, -0.25) is 3.53 Å². The molecule has 0 unspecified atom stereocenters. The number of halogens is 3. The quantitative estimate of drug-likeness (QED) is 0.652. The summed E-state index contributed by atoms with van der Waals surface area (Å²) in [4.78, 5) is 0. The van der Waals surface area contributed by atoms with Crippen LogP contribution in [0, 0.1) is 0 Å². The van der Waals surface area contributed by atoms with Crippen LogP contribution in [0.15, 0.2) is 18.2 Å². The largest absolute Gasteiger partial charge is 0.257 e. The van der Waals surface area contributed by atoms with Gasteiger partial charge in [-0.15, -0.1) is 0 Å². The monoisotopic (exact) mass is 301 g/mol. The molecule has 0 amide bonds. The first-order valence-electron chi connectivity index (χ1n) is 3.02. The molecule has 0 radical (unpaired) electrons. The normalized spacial score (nSPS) is 10.1. The highest BCUT2D eigenvalue weighted by Gasteiger charge is 2.01. The van der Waals surface area contributed by atoms with E-state index >= 15 is 0 Å². The summed E-state index contributed by atoms with van der Waals surface area (Å²) in [6, 6.07) is 5.61. The van der Waals surface area contributed by atoms with Crippen LogP contribution in [0.3, 0.4) is 0 Å². The first kappa shape index (κ1) is 9.58. The van der Waals surface area contributed by atoms with Crippen molar-refractivity contribution in [3.05, 3.63) is 33.8 Å². The molecule has 0 saturated carbocycles. The predicted molar refractivity (Wildman–Crippen MR) is 57.3 cm³/mol. The Morgan fingerprint density at radius 2 is 2.09 bits per heavy atom. The Morgan fingerprint density at radius 1 is 1.36 bits per heavy atom. The number of nitrogens with one attached hydrogen (secondary N) is 1. The highest BCUT2D eigenvalue weighted by Crippen LogP contribution is 2.25. The van der Waals surface area contributed by atoms with Gasteiger partial charge in [0.2, 0.25) is 0 Å². The summed E-state index contributed by atoms with van der Waals surface area (Å²) in [7, 11) is 0. The van der Waals surface area contributed by atoms with Gasteiger partial charge in [0, 0.05) is 29.4 Å². The van der Waals surface area contributed by atoms with Gasteiger partial charge < -0.3 is 0 Å². The van der Waals surface area contributed by atoms with Crippen LogP contribution in [-0.4, -0.2) is 0 Å². The second-order valence-electron chi connectivity index (χ2n) is 2.02. The van der Waals surface area contributed by atoms with Gasteiger partial charge in [0.05, 0.1) is 10.0 Å². The molecular formula is C7H6Cl2IN. The van der Waals surface area contributed by atoms with E-state index < -0.39 is 0 Å². The standard InChI is InChI=1S/C7H6Cl2IN/c8-6-3-1-2-5(4-11-10)7(6)9/h1-3,11H,4H2. The van der Waals surface area contributed by atoms with E-state index in [2.05, 4.69) is 26.4 Å². The zero-order valence-corrected chi connectivity index (χ0v) is 9.24. The maximum absolute atomic E-state index is 5.90. The molecule has 0 aliphatic rings. The zero-order valence-electron chi connectivity index (χ0n) is 5.57. The Morgan fingerprint density at radius 3 is 2.73 bits per heavy atom. The average Bonchev–Trinajstić information content (AvgIpc) is 1.99. The van der Waals surface area contributed by atoms with Crippen molar-refractivity contribution in [1.29, 1.82) is 0 Å². The molecule has 0 fully saturated rings. The minimum Gasteiger partial charge on any atom is -0.257 e. The van der Waals surface area contributed by atoms with Crippen molar-refractivity contribution in [1.82, 2.24) is 3.53 Å². The van der Waals surface area contributed by atoms with Gasteiger partial charge in [-0.1, -0.05) is 35.3 Å². The molecule has 11 heavy (non-hydrogen) atoms. The molecule has 4 heteroatoms. The SMILES string of the molecule is Clc1cccc(CNI)c1Cl. The maximum Gasteiger partial charge on any atom is 0.0637 e. The molecular weight excluding hydrogens is 296 g/mol. The third-order valence-corrected chi connectivity index (χ3v) is 2.53. The summed E-state index contributed by atoms with van der Waals surface area (Å²) < 4.78 is 2.98. The van der Waals surface area contributed by atoms with Crippen molar-refractivity contribution >= 4 is 46.1 Å². The van der Waals surface area contributed by atoms with E-state index in [0.29, 0.717) is 10.0 Å². The van der Waals surface area contributed by atoms with Gasteiger partial charge in [-0.05, 0) is 11.6 Å². The van der Waals surface area contributed by atoms with Crippen molar-refractivity contribution in [2.24, 2.45) is 0 Å². The van der Waals surface area contributed by atoms with Crippen molar-refractivity contribution in [3.8, 4) is 0 Å². The number of benzene rings is 1. The second kappa shape index (κ2) is 4.50. The summed E-state index contributed by atoms with van der Waals surface area (Å²) in [6.45, 7) is 0.736. The van der Waals surface area contributed by atoms with E-state index in [1.54, 1.807) is 6.07 Å². The summed E-state index contributed by atoms with van der Waals surface area (Å²) in [6.07, 6.45) is 0. The zero-order chi connectivity index (χ0) is 8.27. The number of rotatable bonds is 2. The molecule has 0 aliphatic heterocycles. The fraction of sp³-hybridized carbons (Fsp3) is 0.143. The Labute approximate surface area is 89.6 Å². The van der Waals surface area contributed by atoms with Gasteiger partial charge in [-0.2, -0.15) is 0 Å². The lowest BCUT2D eigenvalue weighted by atomic mass is 10.2. The molecule has 0 saturated heterocycles. The van der Waals surface area contributed by atoms with Crippen LogP contribution < -0.4 is 3.53 Å². The Bertz CT molecular complexity index is 252. The number of hydrogen-bond acceptors (Lipinski definition) is 1. The van der Waals surface area contributed by atoms with Gasteiger partial charge in [0.1, 0.15) is 0 Å². The molecule has 0 heterocycles. The molecule has 0 bridgehead atoms. The molecule has 60 valence electrons. The summed E-state index contributed by atoms with van der Waals surface area (Å²) in [5.41, 5.74) is 1.02. The third kappa shape index (κ3) is 2.47. The van der Waals surface area contributed by atoms with E-state index in [4.69, 9.17) is 23.2 Å². The summed E-state index contributed by atoms with van der Waals surface area (Å²) in [5.74, 6) is 0. The van der Waals surface area contributed by atoms with Crippen molar-refractivity contribution in [2.75, 3.05) is 0 Å². The lowest BCUT2D eigenvalue weighted by molar-refractivity contribution is 1.01. The van der Waals surface area contributed by atoms with Crippen LogP contribution in [0.4, 0.5) is 0 Å². The minimum atomic E-state index is 0.607. The Balaban J connectivity index is 2.96. The van der Waals surface area contributed by atoms with Gasteiger partial charge >= 0.3 is 0 Å². The van der Waals surface area contributed by atoms with Crippen molar-refractivity contribution in [3.63, 3.8) is 0 Å². The third-order valence-electron chi connectivity index (χ3n) is 1.29. The van der Waals surface area contributed by atoms with Crippen LogP contribution in [0.1, 0.15) is 5.56 Å². The van der Waals surface area contributed by atoms with Gasteiger partial charge in [0.15, 0.2) is 0 Å². The molecule has 1 N–H and O–H groups in total. The topological polar surface area (TPSA) is 12.0 Å². The molecule has 0 aliphatic carbocycles. The first-order chi connectivity index (χ1) is 5.25. The minimum absolute atomic E-state index is 0.607. The highest BCUT2D eigenvalue weighted by molar-refractivity contribution is 14.1. The van der Waals surface area contributed by atoms with E-state index in [1.807, 2.05) is 12.1 Å². The number of hydrogen-bond donors (Lipinski definition) is 1. The molecule has 1 aromatic rings. The summed E-state index contributed by atoms with van der Waals surface area (Å²) >= 11 is 13.8. The maximum atomic E-state index is 5.90. The second-order valence-corrected chi connectivity index (χ2v) is 3.57. The lowest BCUT2D eigenvalue weighted by Crippen LogP contribution is -1.97. The smallest absolute Gasteiger partial charge is 0.0637 e. The van der Waals surface area contributed by atoms with Crippen molar-refractivity contribution in [2.45, 2.75) is 6.54 Å². The predicted octanol–water partition coefficient (Wildman–Crippen LogP) is 3.43. The van der Waals surface area contributed by atoms with Crippen molar-refractivity contribution < 1.29 is 0 Å². The Hall–Kier alpha value is 0.490. The fourth-order valence-electron chi connectivity index (χ4n) is 0.757. The van der Waals surface area contributed by atoms with Crippen LogP contribution in [0.5, 0.6) is 0 Å². The van der Waals surface area contributed by atoms with Crippen LogP contribution in [0.2, 0.25) is 10.0 Å². The molecule has 1 nitrogen and oxygen atoms in total. The van der Waals surface area contributed by atoms with Crippen LogP contribution in [-0.2, 0) is 6.54 Å². The molecule has 0 spiro atoms. The molecule has 1 aromatic carbocycles. The van der Waals surface area contributed by atoms with Gasteiger partial charge in [0.25, 0.3) is 0 Å². The highest BCUT2D eigenvalue weighted by atomic mass is 127. The fourth-order valence-corrected chi connectivity index (χ4v) is 1.55. The Kier molecular flexibility index (Phi) is 3.92. The molecule has 0 aromatic heterocycles. The van der Waals surface area contributed by atoms with E-state index in [0.717, 1.165) is 12.1 Å². The van der Waals surface area contributed by atoms with Crippen LogP contribution in [0.25, 0.3) is 0 Å². The first-order valence-corrected chi connectivity index (χ1v) is 4.85. The van der Waals surface area contributed by atoms with E-state index in [1.165, 1.54) is 0 Å². The molecule has 1 rings (SSSR count). The van der Waals surface area contributed by atoms with E-state index in [-0.39, 0.29) is 0 Å². The van der Waals surface area contributed by atoms with E-state index in [9.17, 15) is 0 Å².